The predicted octanol–water partition coefficient (Wildman–Crippen LogP) is 2.77. The van der Waals surface area contributed by atoms with Crippen LogP contribution in [0.3, 0.4) is 0 Å². The summed E-state index contributed by atoms with van der Waals surface area (Å²) in [6, 6.07) is 9.19. The van der Waals surface area contributed by atoms with Gasteiger partial charge in [0, 0.05) is 24.2 Å². The van der Waals surface area contributed by atoms with Gasteiger partial charge in [-0.1, -0.05) is 25.1 Å². The van der Waals surface area contributed by atoms with Crippen molar-refractivity contribution in [2.24, 2.45) is 0 Å². The molecule has 0 saturated heterocycles. The molecule has 1 atom stereocenters. The number of hydrogen-bond acceptors (Lipinski definition) is 4. The normalized spacial score (nSPS) is 12.3. The molecular formula is C15H18N2O3. The Morgan fingerprint density at radius 3 is 2.85 bits per heavy atom. The maximum Gasteiger partial charge on any atom is 0.354 e. The molecule has 0 aliphatic carbocycles. The molecule has 0 spiro atoms. The van der Waals surface area contributed by atoms with Crippen molar-refractivity contribution in [2.45, 2.75) is 19.4 Å². The first-order valence-electron chi connectivity index (χ1n) is 6.54. The number of carbonyl (C=O) groups is 1. The number of fused-ring (bicyclic) bond motifs is 1. The number of anilines is 1. The van der Waals surface area contributed by atoms with E-state index in [0.717, 1.165) is 17.5 Å². The van der Waals surface area contributed by atoms with E-state index < -0.39 is 5.97 Å². The molecule has 0 radical (unpaired) electrons. The van der Waals surface area contributed by atoms with Gasteiger partial charge in [0.1, 0.15) is 0 Å². The van der Waals surface area contributed by atoms with Gasteiger partial charge in [-0.25, -0.2) is 9.78 Å². The zero-order valence-corrected chi connectivity index (χ0v) is 11.6. The first-order valence-corrected chi connectivity index (χ1v) is 6.54. The zero-order chi connectivity index (χ0) is 14.5. The van der Waals surface area contributed by atoms with E-state index in [0.29, 0.717) is 12.1 Å². The number of nitrogens with zero attached hydrogens (tertiary/aromatic N) is 1. The molecule has 2 rings (SSSR count). The van der Waals surface area contributed by atoms with Gasteiger partial charge in [0.05, 0.1) is 12.1 Å². The van der Waals surface area contributed by atoms with Crippen molar-refractivity contribution < 1.29 is 14.6 Å². The molecular weight excluding hydrogens is 256 g/mol. The van der Waals surface area contributed by atoms with Crippen molar-refractivity contribution in [1.82, 2.24) is 4.98 Å². The molecule has 1 heterocycles. The van der Waals surface area contributed by atoms with E-state index in [-0.39, 0.29) is 11.7 Å². The molecule has 0 bridgehead atoms. The lowest BCUT2D eigenvalue weighted by atomic mass is 10.1. The number of aromatic nitrogens is 1. The lowest BCUT2D eigenvalue weighted by Crippen LogP contribution is -2.24. The third kappa shape index (κ3) is 3.05. The third-order valence-electron chi connectivity index (χ3n) is 3.16. The molecule has 2 N–H and O–H groups in total. The van der Waals surface area contributed by atoms with Gasteiger partial charge in [0.25, 0.3) is 0 Å². The number of nitrogens with one attached hydrogen (secondary N) is 1. The van der Waals surface area contributed by atoms with Crippen LogP contribution in [0.4, 0.5) is 5.69 Å². The number of para-hydroxylation sites is 1. The van der Waals surface area contributed by atoms with Crippen LogP contribution in [0.15, 0.2) is 30.3 Å². The van der Waals surface area contributed by atoms with Gasteiger partial charge in [-0.2, -0.15) is 0 Å². The van der Waals surface area contributed by atoms with Gasteiger partial charge in [0.15, 0.2) is 5.69 Å². The Kier molecular flexibility index (Phi) is 4.53. The third-order valence-corrected chi connectivity index (χ3v) is 3.16. The van der Waals surface area contributed by atoms with Crippen LogP contribution in [0.2, 0.25) is 0 Å². The molecule has 0 fully saturated rings. The number of methoxy groups -OCH3 is 1. The lowest BCUT2D eigenvalue weighted by Gasteiger charge is -2.19. The number of aromatic carboxylic acids is 1. The molecule has 0 amide bonds. The van der Waals surface area contributed by atoms with Crippen molar-refractivity contribution in [2.75, 3.05) is 19.0 Å². The average molecular weight is 274 g/mol. The fourth-order valence-electron chi connectivity index (χ4n) is 2.09. The van der Waals surface area contributed by atoms with Gasteiger partial charge >= 0.3 is 5.97 Å². The number of carboxylic acid groups (broad SMARTS) is 1. The largest absolute Gasteiger partial charge is 0.477 e. The summed E-state index contributed by atoms with van der Waals surface area (Å²) in [5.41, 5.74) is 1.48. The number of pyridine rings is 1. The van der Waals surface area contributed by atoms with Crippen molar-refractivity contribution in [3.05, 3.63) is 36.0 Å². The molecule has 0 aliphatic rings. The molecule has 106 valence electrons. The standard InChI is InChI=1S/C15H18N2O3/c1-3-10(9-20-2)16-13-8-14(15(18)19)17-12-7-5-4-6-11(12)13/h4-8,10H,3,9H2,1-2H3,(H,16,17)(H,18,19). The Morgan fingerprint density at radius 1 is 1.45 bits per heavy atom. The zero-order valence-electron chi connectivity index (χ0n) is 11.6. The fraction of sp³-hybridized carbons (Fsp3) is 0.333. The van der Waals surface area contributed by atoms with Gasteiger partial charge in [-0.3, -0.25) is 0 Å². The van der Waals surface area contributed by atoms with Gasteiger partial charge in [-0.05, 0) is 18.6 Å². The van der Waals surface area contributed by atoms with Crippen LogP contribution in [0.1, 0.15) is 23.8 Å². The molecule has 1 aromatic heterocycles. The van der Waals surface area contributed by atoms with Gasteiger partial charge in [-0.15, -0.1) is 0 Å². The van der Waals surface area contributed by atoms with Gasteiger partial charge in [0.2, 0.25) is 0 Å². The highest BCUT2D eigenvalue weighted by atomic mass is 16.5. The topological polar surface area (TPSA) is 71.5 Å². The van der Waals surface area contributed by atoms with Crippen molar-refractivity contribution in [1.29, 1.82) is 0 Å². The minimum atomic E-state index is -1.03. The fourth-order valence-corrected chi connectivity index (χ4v) is 2.09. The summed E-state index contributed by atoms with van der Waals surface area (Å²) >= 11 is 0. The molecule has 0 aliphatic heterocycles. The number of hydrogen-bond donors (Lipinski definition) is 2. The summed E-state index contributed by atoms with van der Waals surface area (Å²) in [7, 11) is 1.65. The first-order chi connectivity index (χ1) is 9.65. The highest BCUT2D eigenvalue weighted by Gasteiger charge is 2.13. The highest BCUT2D eigenvalue weighted by molar-refractivity contribution is 5.97. The van der Waals surface area contributed by atoms with E-state index in [1.54, 1.807) is 13.2 Å². The lowest BCUT2D eigenvalue weighted by molar-refractivity contribution is 0.0691. The van der Waals surface area contributed by atoms with Crippen LogP contribution in [-0.4, -0.2) is 35.8 Å². The number of carboxylic acids is 1. The van der Waals surface area contributed by atoms with Crippen molar-refractivity contribution in [3.63, 3.8) is 0 Å². The Bertz CT molecular complexity index is 613. The predicted molar refractivity (Wildman–Crippen MR) is 78.3 cm³/mol. The molecule has 5 nitrogen and oxygen atoms in total. The number of benzene rings is 1. The summed E-state index contributed by atoms with van der Waals surface area (Å²) in [5, 5.41) is 13.4. The van der Waals surface area contributed by atoms with E-state index in [2.05, 4.69) is 17.2 Å². The first kappa shape index (κ1) is 14.3. The Hall–Kier alpha value is -2.14. The van der Waals surface area contributed by atoms with Crippen LogP contribution in [0.5, 0.6) is 0 Å². The second-order valence-electron chi connectivity index (χ2n) is 4.58. The van der Waals surface area contributed by atoms with Crippen molar-refractivity contribution >= 4 is 22.6 Å². The van der Waals surface area contributed by atoms with Crippen LogP contribution in [0.25, 0.3) is 10.9 Å². The summed E-state index contributed by atoms with van der Waals surface area (Å²) in [6.07, 6.45) is 0.882. The van der Waals surface area contributed by atoms with E-state index in [1.807, 2.05) is 24.3 Å². The smallest absolute Gasteiger partial charge is 0.354 e. The maximum atomic E-state index is 11.2. The average Bonchev–Trinajstić information content (AvgIpc) is 2.46. The molecule has 2 aromatic rings. The Morgan fingerprint density at radius 2 is 2.20 bits per heavy atom. The Balaban J connectivity index is 2.46. The number of rotatable bonds is 6. The number of ether oxygens (including phenoxy) is 1. The van der Waals surface area contributed by atoms with Gasteiger partial charge < -0.3 is 15.2 Å². The van der Waals surface area contributed by atoms with Crippen molar-refractivity contribution in [3.8, 4) is 0 Å². The maximum absolute atomic E-state index is 11.2. The minimum absolute atomic E-state index is 0.0402. The molecule has 5 heteroatoms. The van der Waals surface area contributed by atoms with Crippen LogP contribution in [-0.2, 0) is 4.74 Å². The van der Waals surface area contributed by atoms with Crippen LogP contribution in [0, 0.1) is 0 Å². The quantitative estimate of drug-likeness (QED) is 0.847. The SMILES string of the molecule is CCC(COC)Nc1cc(C(=O)O)nc2ccccc12. The summed E-state index contributed by atoms with van der Waals surface area (Å²) in [6.45, 7) is 2.62. The molecule has 1 aromatic carbocycles. The van der Waals surface area contributed by atoms with E-state index >= 15 is 0 Å². The second kappa shape index (κ2) is 6.34. The van der Waals surface area contributed by atoms with Crippen LogP contribution < -0.4 is 5.32 Å². The van der Waals surface area contributed by atoms with E-state index in [9.17, 15) is 4.79 Å². The minimum Gasteiger partial charge on any atom is -0.477 e. The highest BCUT2D eigenvalue weighted by Crippen LogP contribution is 2.24. The Labute approximate surface area is 117 Å². The summed E-state index contributed by atoms with van der Waals surface area (Å²) < 4.78 is 5.16. The summed E-state index contributed by atoms with van der Waals surface area (Å²) in [5.74, 6) is -1.03. The second-order valence-corrected chi connectivity index (χ2v) is 4.58. The van der Waals surface area contributed by atoms with E-state index in [1.165, 1.54) is 0 Å². The molecule has 20 heavy (non-hydrogen) atoms. The molecule has 1 unspecified atom stereocenters. The summed E-state index contributed by atoms with van der Waals surface area (Å²) in [4.78, 5) is 15.3. The monoisotopic (exact) mass is 274 g/mol. The van der Waals surface area contributed by atoms with Crippen LogP contribution >= 0.6 is 0 Å². The molecule has 0 saturated carbocycles. The van der Waals surface area contributed by atoms with E-state index in [4.69, 9.17) is 9.84 Å².